The molecule has 1 aromatic rings. The molecule has 0 aliphatic rings. The van der Waals surface area contributed by atoms with E-state index in [1.165, 1.54) is 7.11 Å². The van der Waals surface area contributed by atoms with Crippen LogP contribution in [0.2, 0.25) is 0 Å². The van der Waals surface area contributed by atoms with Crippen molar-refractivity contribution in [2.24, 2.45) is 0 Å². The van der Waals surface area contributed by atoms with Crippen LogP contribution in [0.15, 0.2) is 18.2 Å². The number of ether oxygens (including phenoxy) is 3. The average molecular weight is 297 g/mol. The van der Waals surface area contributed by atoms with Crippen molar-refractivity contribution < 1.29 is 24.1 Å². The lowest BCUT2D eigenvalue weighted by Gasteiger charge is -2.15. The normalized spacial score (nSPS) is 13.4. The average Bonchev–Trinajstić information content (AvgIpc) is 2.44. The molecule has 0 aliphatic heterocycles. The van der Waals surface area contributed by atoms with E-state index in [0.717, 1.165) is 5.56 Å². The lowest BCUT2D eigenvalue weighted by atomic mass is 10.1. The van der Waals surface area contributed by atoms with Crippen molar-refractivity contribution in [2.75, 3.05) is 27.4 Å². The molecule has 0 saturated carbocycles. The van der Waals surface area contributed by atoms with Crippen molar-refractivity contribution in [1.29, 1.82) is 0 Å². The molecular weight excluding hydrogens is 274 g/mol. The fourth-order valence-electron chi connectivity index (χ4n) is 1.81. The number of hydrogen-bond acceptors (Lipinski definition) is 5. The van der Waals surface area contributed by atoms with Crippen LogP contribution in [0.3, 0.4) is 0 Å². The Labute approximate surface area is 125 Å². The first kappa shape index (κ1) is 17.3. The van der Waals surface area contributed by atoms with E-state index in [-0.39, 0.29) is 18.6 Å². The molecular formula is C15H23NO5. The monoisotopic (exact) mass is 297 g/mol. The van der Waals surface area contributed by atoms with Gasteiger partial charge in [0.25, 0.3) is 5.91 Å². The molecule has 0 aromatic heterocycles. The second-order valence-corrected chi connectivity index (χ2v) is 4.80. The highest BCUT2D eigenvalue weighted by molar-refractivity contribution is 5.77. The number of carbonyl (C=O) groups is 1. The zero-order valence-corrected chi connectivity index (χ0v) is 12.9. The molecule has 0 heterocycles. The molecule has 1 rings (SSSR count). The topological polar surface area (TPSA) is 77.0 Å². The van der Waals surface area contributed by atoms with Crippen LogP contribution in [0, 0.1) is 0 Å². The second-order valence-electron chi connectivity index (χ2n) is 4.80. The van der Waals surface area contributed by atoms with Gasteiger partial charge in [-0.15, -0.1) is 0 Å². The fourth-order valence-corrected chi connectivity index (χ4v) is 1.81. The maximum Gasteiger partial charge on any atom is 0.258 e. The summed E-state index contributed by atoms with van der Waals surface area (Å²) < 4.78 is 15.6. The smallest absolute Gasteiger partial charge is 0.258 e. The number of nitrogens with one attached hydrogen (secondary N) is 1. The molecule has 0 saturated heterocycles. The SMILES string of the molecule is COCC(C)NC(=O)COc1ccc(C(C)O)cc1OC. The minimum Gasteiger partial charge on any atom is -0.493 e. The first-order chi connectivity index (χ1) is 9.97. The predicted octanol–water partition coefficient (Wildman–Crippen LogP) is 1.28. The molecule has 0 spiro atoms. The summed E-state index contributed by atoms with van der Waals surface area (Å²) in [5.41, 5.74) is 0.720. The number of rotatable bonds is 8. The van der Waals surface area contributed by atoms with Crippen molar-refractivity contribution in [3.8, 4) is 11.5 Å². The number of amides is 1. The van der Waals surface area contributed by atoms with E-state index in [4.69, 9.17) is 14.2 Å². The zero-order chi connectivity index (χ0) is 15.8. The third-order valence-corrected chi connectivity index (χ3v) is 2.85. The highest BCUT2D eigenvalue weighted by atomic mass is 16.5. The van der Waals surface area contributed by atoms with Gasteiger partial charge < -0.3 is 24.6 Å². The summed E-state index contributed by atoms with van der Waals surface area (Å²) in [5, 5.41) is 12.3. The third-order valence-electron chi connectivity index (χ3n) is 2.85. The van der Waals surface area contributed by atoms with Gasteiger partial charge in [-0.2, -0.15) is 0 Å². The van der Waals surface area contributed by atoms with Gasteiger partial charge in [0.15, 0.2) is 18.1 Å². The maximum atomic E-state index is 11.7. The number of aliphatic hydroxyl groups is 1. The summed E-state index contributed by atoms with van der Waals surface area (Å²) in [6, 6.07) is 5.01. The lowest BCUT2D eigenvalue weighted by Crippen LogP contribution is -2.38. The van der Waals surface area contributed by atoms with E-state index in [1.807, 2.05) is 6.92 Å². The van der Waals surface area contributed by atoms with E-state index < -0.39 is 6.10 Å². The van der Waals surface area contributed by atoms with Crippen LogP contribution in [0.1, 0.15) is 25.5 Å². The first-order valence-corrected chi connectivity index (χ1v) is 6.75. The van der Waals surface area contributed by atoms with E-state index in [9.17, 15) is 9.90 Å². The summed E-state index contributed by atoms with van der Waals surface area (Å²) in [7, 11) is 3.09. The molecule has 2 N–H and O–H groups in total. The molecule has 21 heavy (non-hydrogen) atoms. The molecule has 118 valence electrons. The van der Waals surface area contributed by atoms with Crippen molar-refractivity contribution in [2.45, 2.75) is 26.0 Å². The van der Waals surface area contributed by atoms with Gasteiger partial charge in [0, 0.05) is 13.2 Å². The van der Waals surface area contributed by atoms with Gasteiger partial charge in [-0.1, -0.05) is 6.07 Å². The number of hydrogen-bond donors (Lipinski definition) is 2. The van der Waals surface area contributed by atoms with Crippen LogP contribution in [-0.2, 0) is 9.53 Å². The van der Waals surface area contributed by atoms with Crippen LogP contribution in [0.25, 0.3) is 0 Å². The zero-order valence-electron chi connectivity index (χ0n) is 12.9. The molecule has 1 amide bonds. The Morgan fingerprint density at radius 2 is 2.00 bits per heavy atom. The summed E-state index contributed by atoms with van der Waals surface area (Å²) in [5.74, 6) is 0.698. The Hall–Kier alpha value is -1.79. The first-order valence-electron chi connectivity index (χ1n) is 6.75. The van der Waals surface area contributed by atoms with Crippen LogP contribution in [0.5, 0.6) is 11.5 Å². The molecule has 2 unspecified atom stereocenters. The van der Waals surface area contributed by atoms with Crippen molar-refractivity contribution in [3.05, 3.63) is 23.8 Å². The van der Waals surface area contributed by atoms with Crippen molar-refractivity contribution in [1.82, 2.24) is 5.32 Å². The van der Waals surface area contributed by atoms with Gasteiger partial charge >= 0.3 is 0 Å². The Bertz CT molecular complexity index is 461. The quantitative estimate of drug-likeness (QED) is 0.756. The number of methoxy groups -OCH3 is 2. The summed E-state index contributed by atoms with van der Waals surface area (Å²) in [6.45, 7) is 3.84. The number of aliphatic hydroxyl groups excluding tert-OH is 1. The Kier molecular flexibility index (Phi) is 6.98. The molecule has 0 bridgehead atoms. The summed E-state index contributed by atoms with van der Waals surface area (Å²) in [4.78, 5) is 11.7. The second kappa shape index (κ2) is 8.49. The van der Waals surface area contributed by atoms with Crippen LogP contribution in [-0.4, -0.2) is 44.5 Å². The Morgan fingerprint density at radius 3 is 2.57 bits per heavy atom. The van der Waals surface area contributed by atoms with E-state index >= 15 is 0 Å². The maximum absolute atomic E-state index is 11.7. The number of carbonyl (C=O) groups excluding carboxylic acids is 1. The van der Waals surface area contributed by atoms with Gasteiger partial charge in [-0.3, -0.25) is 4.79 Å². The highest BCUT2D eigenvalue weighted by Gasteiger charge is 2.12. The van der Waals surface area contributed by atoms with Gasteiger partial charge in [0.2, 0.25) is 0 Å². The number of benzene rings is 1. The van der Waals surface area contributed by atoms with E-state index in [0.29, 0.717) is 18.1 Å². The molecule has 6 nitrogen and oxygen atoms in total. The van der Waals surface area contributed by atoms with E-state index in [2.05, 4.69) is 5.32 Å². The molecule has 6 heteroatoms. The van der Waals surface area contributed by atoms with Crippen LogP contribution < -0.4 is 14.8 Å². The van der Waals surface area contributed by atoms with Gasteiger partial charge in [-0.05, 0) is 31.5 Å². The van der Waals surface area contributed by atoms with Gasteiger partial charge in [-0.25, -0.2) is 0 Å². The molecule has 0 aliphatic carbocycles. The standard InChI is InChI=1S/C15H23NO5/c1-10(8-19-3)16-15(18)9-21-13-6-5-12(11(2)17)7-14(13)20-4/h5-7,10-11,17H,8-9H2,1-4H3,(H,16,18). The van der Waals surface area contributed by atoms with Crippen molar-refractivity contribution in [3.63, 3.8) is 0 Å². The summed E-state index contributed by atoms with van der Waals surface area (Å²) >= 11 is 0. The highest BCUT2D eigenvalue weighted by Crippen LogP contribution is 2.30. The lowest BCUT2D eigenvalue weighted by molar-refractivity contribution is -0.124. The Morgan fingerprint density at radius 1 is 1.29 bits per heavy atom. The minimum atomic E-state index is -0.592. The van der Waals surface area contributed by atoms with E-state index in [1.54, 1.807) is 32.2 Å². The van der Waals surface area contributed by atoms with Crippen molar-refractivity contribution >= 4 is 5.91 Å². The fraction of sp³-hybridized carbons (Fsp3) is 0.533. The van der Waals surface area contributed by atoms with Gasteiger partial charge in [0.1, 0.15) is 0 Å². The predicted molar refractivity (Wildman–Crippen MR) is 78.6 cm³/mol. The molecule has 1 aromatic carbocycles. The molecule has 2 atom stereocenters. The molecule has 0 radical (unpaired) electrons. The van der Waals surface area contributed by atoms with Gasteiger partial charge in [0.05, 0.1) is 19.8 Å². The minimum absolute atomic E-state index is 0.0781. The third kappa shape index (κ3) is 5.61. The van der Waals surface area contributed by atoms with Crippen LogP contribution in [0.4, 0.5) is 0 Å². The largest absolute Gasteiger partial charge is 0.493 e. The Balaban J connectivity index is 2.60. The molecule has 0 fully saturated rings. The van der Waals surface area contributed by atoms with Crippen LogP contribution >= 0.6 is 0 Å². The summed E-state index contributed by atoms with van der Waals surface area (Å²) in [6.07, 6.45) is -0.592.